The lowest BCUT2D eigenvalue weighted by Gasteiger charge is -2.24. The van der Waals surface area contributed by atoms with Crippen molar-refractivity contribution in [2.45, 2.75) is 37.6 Å². The van der Waals surface area contributed by atoms with Crippen LogP contribution in [-0.4, -0.2) is 73.2 Å². The van der Waals surface area contributed by atoms with Crippen molar-refractivity contribution in [3.63, 3.8) is 0 Å². The molecule has 2 aromatic carbocycles. The molecule has 3 saturated heterocycles. The van der Waals surface area contributed by atoms with E-state index in [1.54, 1.807) is 29.2 Å². The second-order valence-corrected chi connectivity index (χ2v) is 11.7. The molecule has 230 valence electrons. The molecule has 0 aliphatic carbocycles. The molecule has 1 atom stereocenters. The first-order valence-corrected chi connectivity index (χ1v) is 15.2. The lowest BCUT2D eigenvalue weighted by atomic mass is 10.1. The molecule has 4 amide bonds. The summed E-state index contributed by atoms with van der Waals surface area (Å²) < 4.78 is 30.4. The number of anilines is 1. The van der Waals surface area contributed by atoms with E-state index in [0.717, 1.165) is 17.0 Å². The summed E-state index contributed by atoms with van der Waals surface area (Å²) in [7, 11) is 0. The van der Waals surface area contributed by atoms with Gasteiger partial charge in [0, 0.05) is 35.2 Å². The molecule has 1 aromatic heterocycles. The lowest BCUT2D eigenvalue weighted by Crippen LogP contribution is -2.49. The highest BCUT2D eigenvalue weighted by molar-refractivity contribution is 7.10. The van der Waals surface area contributed by atoms with Gasteiger partial charge in [0.05, 0.1) is 38.5 Å². The summed E-state index contributed by atoms with van der Waals surface area (Å²) >= 11 is 1.45. The van der Waals surface area contributed by atoms with Gasteiger partial charge in [0.2, 0.25) is 17.7 Å². The molecule has 4 heterocycles. The maximum Gasteiger partial charge on any atom is 0.251 e. The molecule has 0 saturated carbocycles. The zero-order valence-corrected chi connectivity index (χ0v) is 24.6. The van der Waals surface area contributed by atoms with Crippen molar-refractivity contribution in [2.24, 2.45) is 0 Å². The molecule has 3 aliphatic rings. The standard InChI is InChI=1S/C31H31FN4O7S/c32-21-5-9-24(10-6-21)43-23-7-3-20(4-8-23)29(39)34-17-28(38)36-19-31(41-12-13-42-31)15-26(36)30(40)33-16-25-14-22(18-44-25)35-11-1-2-27(35)37/h3-10,14,18,26H,1-2,11-13,15-17,19H2,(H,33,40)(H,34,39)/t26-/m0/s1. The molecule has 2 N–H and O–H groups in total. The first-order chi connectivity index (χ1) is 21.3. The fraction of sp³-hybridized carbons (Fsp3) is 0.355. The van der Waals surface area contributed by atoms with E-state index in [9.17, 15) is 23.6 Å². The van der Waals surface area contributed by atoms with Gasteiger partial charge in [0.25, 0.3) is 5.91 Å². The Kier molecular flexibility index (Phi) is 8.60. The fourth-order valence-electron chi connectivity index (χ4n) is 5.53. The summed E-state index contributed by atoms with van der Waals surface area (Å²) in [6.45, 7) is 1.40. The highest BCUT2D eigenvalue weighted by atomic mass is 32.1. The van der Waals surface area contributed by atoms with Gasteiger partial charge < -0.3 is 34.6 Å². The van der Waals surface area contributed by atoms with Crippen LogP contribution in [-0.2, 0) is 30.4 Å². The van der Waals surface area contributed by atoms with Gasteiger partial charge in [-0.05, 0) is 61.0 Å². The molecule has 13 heteroatoms. The Labute approximate surface area is 256 Å². The smallest absolute Gasteiger partial charge is 0.251 e. The number of benzene rings is 2. The van der Waals surface area contributed by atoms with Crippen LogP contribution >= 0.6 is 11.3 Å². The average Bonchev–Trinajstić information content (AvgIpc) is 3.84. The Morgan fingerprint density at radius 3 is 2.41 bits per heavy atom. The molecule has 3 aliphatic heterocycles. The summed E-state index contributed by atoms with van der Waals surface area (Å²) in [4.78, 5) is 55.5. The normalized spacial score (nSPS) is 19.0. The van der Waals surface area contributed by atoms with Gasteiger partial charge in [0.1, 0.15) is 23.4 Å². The number of halogens is 1. The quantitative estimate of drug-likeness (QED) is 0.376. The van der Waals surface area contributed by atoms with Crippen LogP contribution in [0, 0.1) is 5.82 Å². The van der Waals surface area contributed by atoms with Crippen LogP contribution < -0.4 is 20.3 Å². The maximum absolute atomic E-state index is 13.3. The molecule has 3 fully saturated rings. The summed E-state index contributed by atoms with van der Waals surface area (Å²) in [5.41, 5.74) is 1.14. The van der Waals surface area contributed by atoms with E-state index >= 15 is 0 Å². The van der Waals surface area contributed by atoms with E-state index in [2.05, 4.69) is 10.6 Å². The molecule has 0 radical (unpaired) electrons. The minimum absolute atomic E-state index is 0.0649. The zero-order valence-electron chi connectivity index (χ0n) is 23.8. The first kappa shape index (κ1) is 29.7. The minimum Gasteiger partial charge on any atom is -0.457 e. The number of hydrogen-bond donors (Lipinski definition) is 2. The Hall–Kier alpha value is -4.33. The van der Waals surface area contributed by atoms with Gasteiger partial charge in [-0.25, -0.2) is 4.39 Å². The minimum atomic E-state index is -1.06. The fourth-order valence-corrected chi connectivity index (χ4v) is 6.34. The van der Waals surface area contributed by atoms with Crippen LogP contribution in [0.1, 0.15) is 34.5 Å². The predicted octanol–water partition coefficient (Wildman–Crippen LogP) is 3.20. The number of likely N-dealkylation sites (tertiary alicyclic amines) is 1. The SMILES string of the molecule is O=C(NCC(=O)N1CC2(C[C@H]1C(=O)NCc1cc(N3CCCC3=O)cs1)OCCO2)c1ccc(Oc2ccc(F)cc2)cc1. The van der Waals surface area contributed by atoms with Crippen molar-refractivity contribution in [2.75, 3.05) is 37.7 Å². The lowest BCUT2D eigenvalue weighted by molar-refractivity contribution is -0.152. The van der Waals surface area contributed by atoms with Crippen LogP contribution in [0.25, 0.3) is 0 Å². The van der Waals surface area contributed by atoms with Crippen molar-refractivity contribution in [3.05, 3.63) is 76.2 Å². The van der Waals surface area contributed by atoms with Crippen LogP contribution in [0.5, 0.6) is 11.5 Å². The highest BCUT2D eigenvalue weighted by Gasteiger charge is 2.52. The van der Waals surface area contributed by atoms with Gasteiger partial charge in [-0.2, -0.15) is 0 Å². The Morgan fingerprint density at radius 1 is 1.02 bits per heavy atom. The summed E-state index contributed by atoms with van der Waals surface area (Å²) in [5.74, 6) is -1.71. The predicted molar refractivity (Wildman–Crippen MR) is 158 cm³/mol. The van der Waals surface area contributed by atoms with E-state index in [4.69, 9.17) is 14.2 Å². The van der Waals surface area contributed by atoms with Crippen LogP contribution in [0.15, 0.2) is 60.0 Å². The number of carbonyl (C=O) groups excluding carboxylic acids is 4. The second-order valence-electron chi connectivity index (χ2n) is 10.8. The molecular weight excluding hydrogens is 591 g/mol. The van der Waals surface area contributed by atoms with Crippen LogP contribution in [0.2, 0.25) is 0 Å². The maximum atomic E-state index is 13.3. The van der Waals surface area contributed by atoms with E-state index in [1.807, 2.05) is 11.4 Å². The van der Waals surface area contributed by atoms with Crippen molar-refractivity contribution < 1.29 is 37.8 Å². The third kappa shape index (κ3) is 6.59. The third-order valence-electron chi connectivity index (χ3n) is 7.76. The number of rotatable bonds is 9. The van der Waals surface area contributed by atoms with E-state index in [1.165, 1.54) is 40.5 Å². The second kappa shape index (κ2) is 12.7. The number of nitrogens with zero attached hydrogens (tertiary/aromatic N) is 2. The number of ether oxygens (including phenoxy) is 3. The average molecular weight is 623 g/mol. The molecule has 11 nitrogen and oxygen atoms in total. The number of thiophene rings is 1. The molecule has 0 unspecified atom stereocenters. The summed E-state index contributed by atoms with van der Waals surface area (Å²) in [6.07, 6.45) is 1.55. The Morgan fingerprint density at radius 2 is 1.73 bits per heavy atom. The van der Waals surface area contributed by atoms with Crippen molar-refractivity contribution >= 4 is 40.7 Å². The van der Waals surface area contributed by atoms with Crippen molar-refractivity contribution in [3.8, 4) is 11.5 Å². The number of amides is 4. The zero-order chi connectivity index (χ0) is 30.7. The topological polar surface area (TPSA) is 127 Å². The van der Waals surface area contributed by atoms with Crippen molar-refractivity contribution in [1.82, 2.24) is 15.5 Å². The highest BCUT2D eigenvalue weighted by Crippen LogP contribution is 2.35. The monoisotopic (exact) mass is 622 g/mol. The summed E-state index contributed by atoms with van der Waals surface area (Å²) in [5, 5.41) is 7.44. The van der Waals surface area contributed by atoms with Crippen molar-refractivity contribution in [1.29, 1.82) is 0 Å². The number of hydrogen-bond acceptors (Lipinski definition) is 8. The van der Waals surface area contributed by atoms with Crippen LogP contribution in [0.4, 0.5) is 10.1 Å². The molecule has 44 heavy (non-hydrogen) atoms. The number of carbonyl (C=O) groups is 4. The molecule has 3 aromatic rings. The Balaban J connectivity index is 1.04. The molecule has 6 rings (SSSR count). The molecule has 1 spiro atoms. The third-order valence-corrected chi connectivity index (χ3v) is 8.68. The van der Waals surface area contributed by atoms with Gasteiger partial charge >= 0.3 is 0 Å². The van der Waals surface area contributed by atoms with E-state index < -0.39 is 23.6 Å². The number of nitrogens with one attached hydrogen (secondary N) is 2. The first-order valence-electron chi connectivity index (χ1n) is 14.3. The van der Waals surface area contributed by atoms with E-state index in [0.29, 0.717) is 43.2 Å². The van der Waals surface area contributed by atoms with Gasteiger partial charge in [-0.3, -0.25) is 19.2 Å². The van der Waals surface area contributed by atoms with Gasteiger partial charge in [-0.1, -0.05) is 0 Å². The Bertz CT molecular complexity index is 1540. The molecular formula is C31H31FN4O7S. The largest absolute Gasteiger partial charge is 0.457 e. The van der Waals surface area contributed by atoms with Crippen LogP contribution in [0.3, 0.4) is 0 Å². The summed E-state index contributed by atoms with van der Waals surface area (Å²) in [6, 6.07) is 12.9. The molecule has 0 bridgehead atoms. The van der Waals surface area contributed by atoms with E-state index in [-0.39, 0.29) is 43.7 Å². The van der Waals surface area contributed by atoms with Gasteiger partial charge in [0.15, 0.2) is 5.79 Å². The van der Waals surface area contributed by atoms with Gasteiger partial charge in [-0.15, -0.1) is 11.3 Å².